The van der Waals surface area contributed by atoms with Crippen LogP contribution in [0.2, 0.25) is 19.6 Å². The monoisotopic (exact) mass is 330 g/mol. The summed E-state index contributed by atoms with van der Waals surface area (Å²) in [4.78, 5) is 10.6. The molecule has 0 rings (SSSR count). The molecule has 0 unspecified atom stereocenters. The van der Waals surface area contributed by atoms with Crippen LogP contribution in [0.5, 0.6) is 0 Å². The van der Waals surface area contributed by atoms with Gasteiger partial charge in [0.1, 0.15) is 13.9 Å². The first-order valence-corrected chi connectivity index (χ1v) is 10.9. The van der Waals surface area contributed by atoms with E-state index in [-0.39, 0.29) is 5.78 Å². The van der Waals surface area contributed by atoms with Crippen LogP contribution in [-0.2, 0) is 4.79 Å². The lowest BCUT2D eigenvalue weighted by Crippen LogP contribution is -2.16. The Morgan fingerprint density at radius 2 is 1.25 bits per heavy atom. The first kappa shape index (κ1) is 23.3. The molecular weight excluding hydrogens is 308 g/mol. The first-order chi connectivity index (χ1) is 11.3. The van der Waals surface area contributed by atoms with Crippen LogP contribution in [0.25, 0.3) is 0 Å². The first-order valence-electron chi connectivity index (χ1n) is 7.37. The zero-order valence-electron chi connectivity index (χ0n) is 14.9. The van der Waals surface area contributed by atoms with E-state index in [4.69, 9.17) is 0 Å². The lowest BCUT2D eigenvalue weighted by atomic mass is 10.2. The van der Waals surface area contributed by atoms with E-state index in [1.165, 1.54) is 0 Å². The smallest absolute Gasteiger partial charge is 0.129 e. The number of carbonyl (C=O) groups excluding carboxylic acids is 1. The van der Waals surface area contributed by atoms with Crippen molar-refractivity contribution in [1.82, 2.24) is 0 Å². The summed E-state index contributed by atoms with van der Waals surface area (Å²) in [5.74, 6) is 3.41. The summed E-state index contributed by atoms with van der Waals surface area (Å²) in [5.41, 5.74) is 27.7. The number of Topliss-reactive ketones (excluding diaryl/α,β-unsaturated/α-hetero) is 1. The highest BCUT2D eigenvalue weighted by Crippen LogP contribution is 1.99. The highest BCUT2D eigenvalue weighted by molar-refractivity contribution is 6.83. The molecule has 2 heteroatoms. The van der Waals surface area contributed by atoms with Gasteiger partial charge in [0.05, 0.1) is 0 Å². The van der Waals surface area contributed by atoms with Crippen molar-refractivity contribution in [2.24, 2.45) is 0 Å². The molecule has 0 aliphatic carbocycles. The Kier molecular flexibility index (Phi) is 15.9. The van der Waals surface area contributed by atoms with Gasteiger partial charge in [-0.2, -0.15) is 0 Å². The summed E-state index contributed by atoms with van der Waals surface area (Å²) >= 11 is 0. The highest BCUT2D eigenvalue weighted by atomic mass is 28.3. The van der Waals surface area contributed by atoms with Gasteiger partial charge in [0, 0.05) is 12.8 Å². The molecule has 0 aliphatic heterocycles. The van der Waals surface area contributed by atoms with Crippen molar-refractivity contribution in [3.63, 3.8) is 0 Å². The van der Waals surface area contributed by atoms with Crippen LogP contribution in [0.1, 0.15) is 26.2 Å². The van der Waals surface area contributed by atoms with E-state index in [2.05, 4.69) is 102 Å². The fourth-order valence-electron chi connectivity index (χ4n) is 1.03. The lowest BCUT2D eigenvalue weighted by Gasteiger charge is -2.02. The molecule has 0 fully saturated rings. The number of ketones is 1. The van der Waals surface area contributed by atoms with Crippen LogP contribution in [0.15, 0.2) is 70.5 Å². The Balaban J connectivity index is 0. The average Bonchev–Trinajstić information content (AvgIpc) is 2.49. The SMILES string of the molecule is C=C=C=C=C=C=C=C=C=C=C=C.CC(=O)CCCC#C[Si](C)(C)C. The van der Waals surface area contributed by atoms with Gasteiger partial charge in [-0.15, -0.1) is 11.5 Å². The minimum absolute atomic E-state index is 0.268. The maximum atomic E-state index is 10.6. The van der Waals surface area contributed by atoms with Crippen molar-refractivity contribution in [2.75, 3.05) is 0 Å². The highest BCUT2D eigenvalue weighted by Gasteiger charge is 2.06. The zero-order chi connectivity index (χ0) is 18.7. The van der Waals surface area contributed by atoms with Crippen molar-refractivity contribution in [1.29, 1.82) is 0 Å². The number of hydrogen-bond acceptors (Lipinski definition) is 1. The predicted octanol–water partition coefficient (Wildman–Crippen LogP) is 4.98. The number of carbonyl (C=O) groups is 1. The molecule has 0 radical (unpaired) electrons. The van der Waals surface area contributed by atoms with Crippen molar-refractivity contribution >= 4 is 13.9 Å². The minimum Gasteiger partial charge on any atom is -0.300 e. The molecule has 0 saturated carbocycles. The largest absolute Gasteiger partial charge is 0.300 e. The van der Waals surface area contributed by atoms with E-state index in [9.17, 15) is 4.79 Å². The summed E-state index contributed by atoms with van der Waals surface area (Å²) in [6.45, 7) is 14.9. The summed E-state index contributed by atoms with van der Waals surface area (Å²) in [6.07, 6.45) is 2.48. The Morgan fingerprint density at radius 1 is 0.833 bits per heavy atom. The minimum atomic E-state index is -1.18. The van der Waals surface area contributed by atoms with Gasteiger partial charge in [-0.3, -0.25) is 0 Å². The molecule has 0 amide bonds. The van der Waals surface area contributed by atoms with Gasteiger partial charge in [-0.05, 0) is 72.4 Å². The van der Waals surface area contributed by atoms with Gasteiger partial charge in [-0.1, -0.05) is 31.1 Å². The van der Waals surface area contributed by atoms with Gasteiger partial charge in [0.25, 0.3) is 0 Å². The molecule has 0 aromatic carbocycles. The second-order valence-electron chi connectivity index (χ2n) is 5.46. The molecule has 0 atom stereocenters. The van der Waals surface area contributed by atoms with E-state index in [1.54, 1.807) is 6.92 Å². The van der Waals surface area contributed by atoms with Gasteiger partial charge in [-0.25, -0.2) is 0 Å². The Labute approximate surface area is 146 Å². The second kappa shape index (κ2) is 16.4. The normalized spacial score (nSPS) is 7.00. The van der Waals surface area contributed by atoms with Crippen LogP contribution in [-0.4, -0.2) is 13.9 Å². The Morgan fingerprint density at radius 3 is 1.58 bits per heavy atom. The lowest BCUT2D eigenvalue weighted by molar-refractivity contribution is -0.117. The van der Waals surface area contributed by atoms with Crippen LogP contribution >= 0.6 is 0 Å². The number of rotatable bonds is 3. The summed E-state index contributed by atoms with van der Waals surface area (Å²) < 4.78 is 0. The molecule has 0 spiro atoms. The maximum Gasteiger partial charge on any atom is 0.129 e. The average molecular weight is 331 g/mol. The maximum absolute atomic E-state index is 10.6. The van der Waals surface area contributed by atoms with Crippen LogP contribution in [0.3, 0.4) is 0 Å². The van der Waals surface area contributed by atoms with E-state index in [1.807, 2.05) is 0 Å². The van der Waals surface area contributed by atoms with Crippen molar-refractivity contribution in [3.05, 3.63) is 70.5 Å². The van der Waals surface area contributed by atoms with Gasteiger partial charge >= 0.3 is 0 Å². The fourth-order valence-corrected chi connectivity index (χ4v) is 1.68. The van der Waals surface area contributed by atoms with E-state index in [0.717, 1.165) is 12.8 Å². The molecule has 24 heavy (non-hydrogen) atoms. The number of unbranched alkanes of at least 4 members (excludes halogenated alkanes) is 1. The van der Waals surface area contributed by atoms with Gasteiger partial charge in [0.2, 0.25) is 0 Å². The molecule has 120 valence electrons. The molecule has 0 N–H and O–H groups in total. The van der Waals surface area contributed by atoms with E-state index < -0.39 is 8.07 Å². The van der Waals surface area contributed by atoms with Crippen molar-refractivity contribution < 1.29 is 4.79 Å². The topological polar surface area (TPSA) is 17.1 Å². The second-order valence-corrected chi connectivity index (χ2v) is 10.2. The molecule has 0 aliphatic rings. The van der Waals surface area contributed by atoms with Crippen LogP contribution in [0.4, 0.5) is 0 Å². The molecule has 0 heterocycles. The summed E-state index contributed by atoms with van der Waals surface area (Å²) in [7, 11) is -1.18. The Hall–Kier alpha value is -3.01. The predicted molar refractivity (Wildman–Crippen MR) is 102 cm³/mol. The van der Waals surface area contributed by atoms with E-state index in [0.29, 0.717) is 6.42 Å². The van der Waals surface area contributed by atoms with Gasteiger partial charge < -0.3 is 4.79 Å². The van der Waals surface area contributed by atoms with Gasteiger partial charge in [0.15, 0.2) is 0 Å². The number of hydrogen-bond donors (Lipinski definition) is 0. The zero-order valence-corrected chi connectivity index (χ0v) is 15.9. The molecule has 0 saturated heterocycles. The summed E-state index contributed by atoms with van der Waals surface area (Å²) in [6, 6.07) is 0. The Bertz CT molecular complexity index is 788. The third-order valence-corrected chi connectivity index (χ3v) is 2.84. The third kappa shape index (κ3) is 27.3. The quantitative estimate of drug-likeness (QED) is 0.309. The molecule has 0 bridgehead atoms. The molecule has 0 aromatic heterocycles. The van der Waals surface area contributed by atoms with E-state index >= 15 is 0 Å². The molecular formula is C22H22OSi. The standard InChI is InChI=1S/C12H4.C10H18OSi/c1-3-5-7-9-11-12-10-8-6-4-2;1-10(11)8-6-5-7-9-12(2,3)4/h1-2H2;5-6,8H2,1-4H3. The molecule has 0 aromatic rings. The third-order valence-electron chi connectivity index (χ3n) is 1.91. The van der Waals surface area contributed by atoms with Crippen LogP contribution in [0, 0.1) is 11.5 Å². The van der Waals surface area contributed by atoms with Crippen molar-refractivity contribution in [2.45, 2.75) is 45.8 Å². The van der Waals surface area contributed by atoms with Crippen LogP contribution < -0.4 is 0 Å². The summed E-state index contributed by atoms with van der Waals surface area (Å²) in [5, 5.41) is 0. The van der Waals surface area contributed by atoms with Crippen molar-refractivity contribution in [3.8, 4) is 11.5 Å². The fraction of sp³-hybridized carbons (Fsp3) is 0.318. The molecule has 1 nitrogen and oxygen atoms in total.